The van der Waals surface area contributed by atoms with Gasteiger partial charge in [0.15, 0.2) is 0 Å². The highest BCUT2D eigenvalue weighted by atomic mass is 19.1. The molecule has 0 aliphatic heterocycles. The van der Waals surface area contributed by atoms with Crippen LogP contribution in [0.25, 0.3) is 22.3 Å². The Morgan fingerprint density at radius 1 is 0.672 bits per heavy atom. The number of hydrogen-bond donors (Lipinski definition) is 2. The van der Waals surface area contributed by atoms with Crippen molar-refractivity contribution in [2.24, 2.45) is 22.8 Å². The average Bonchev–Trinajstić information content (AvgIpc) is 3.29. The fraction of sp³-hybridized carbons (Fsp3) is 0.500. The van der Waals surface area contributed by atoms with E-state index in [0.29, 0.717) is 60.5 Å². The van der Waals surface area contributed by atoms with Crippen LogP contribution in [0.3, 0.4) is 0 Å². The van der Waals surface area contributed by atoms with E-state index in [9.17, 15) is 14.4 Å². The van der Waals surface area contributed by atoms with E-state index in [-0.39, 0.29) is 50.9 Å². The zero-order valence-electron chi connectivity index (χ0n) is 39.2. The minimum atomic E-state index is -0.904. The van der Waals surface area contributed by atoms with E-state index in [1.54, 1.807) is 26.8 Å². The van der Waals surface area contributed by atoms with Crippen molar-refractivity contribution >= 4 is 17.9 Å². The standard InChI is InChI=1S/C54H73FN2O7/c1-9-11-12-15-39-18-20-41(21-19-39)42-22-25-48(49(55)31-42)43-23-24-47(40(10-2)28-43)46-29-44(16-13-26-61-51(58)36(3)4)50(45(30-46)17-14-27-62-52(59)37(5)6)63-34-54(32-56,33-57)35-64-53(60)38(7)8/h22-25,28-31,39,41H,3,5,7,9-21,26-27,32-35,56-57H2,1-2,4,6,8H3. The van der Waals surface area contributed by atoms with Gasteiger partial charge in [0.1, 0.15) is 18.2 Å². The molecule has 10 heteroatoms. The summed E-state index contributed by atoms with van der Waals surface area (Å²) in [5, 5.41) is 0. The number of unbranched alkanes of at least 4 members (excludes halogenated alkanes) is 2. The van der Waals surface area contributed by atoms with Crippen LogP contribution in [0.15, 0.2) is 85.0 Å². The van der Waals surface area contributed by atoms with Crippen LogP contribution >= 0.6 is 0 Å². The predicted molar refractivity (Wildman–Crippen MR) is 255 cm³/mol. The molecule has 1 aliphatic rings. The molecule has 0 heterocycles. The molecule has 348 valence electrons. The number of halogens is 1. The first-order valence-corrected chi connectivity index (χ1v) is 23.2. The lowest BCUT2D eigenvalue weighted by atomic mass is 9.77. The van der Waals surface area contributed by atoms with Gasteiger partial charge in [-0.3, -0.25) is 0 Å². The molecule has 4 N–H and O–H groups in total. The normalized spacial score (nSPS) is 15.0. The number of carbonyl (C=O) groups excluding carboxylic acids is 3. The number of benzene rings is 3. The summed E-state index contributed by atoms with van der Waals surface area (Å²) in [6.07, 6.45) is 12.4. The van der Waals surface area contributed by atoms with Crippen molar-refractivity contribution in [2.45, 2.75) is 124 Å². The molecular formula is C54H73FN2O7. The molecule has 1 saturated carbocycles. The van der Waals surface area contributed by atoms with E-state index in [2.05, 4.69) is 63.9 Å². The summed E-state index contributed by atoms with van der Waals surface area (Å²) in [4.78, 5) is 36.9. The molecule has 9 nitrogen and oxygen atoms in total. The molecule has 4 rings (SSSR count). The van der Waals surface area contributed by atoms with Gasteiger partial charge in [0, 0.05) is 35.4 Å². The van der Waals surface area contributed by atoms with E-state index in [4.69, 9.17) is 30.4 Å². The van der Waals surface area contributed by atoms with Crippen molar-refractivity contribution in [1.29, 1.82) is 0 Å². The van der Waals surface area contributed by atoms with Crippen LogP contribution in [-0.4, -0.2) is 57.4 Å². The average molecular weight is 881 g/mol. The second-order valence-corrected chi connectivity index (χ2v) is 17.9. The van der Waals surface area contributed by atoms with E-state index in [0.717, 1.165) is 57.7 Å². The van der Waals surface area contributed by atoms with Crippen molar-refractivity contribution in [3.63, 3.8) is 0 Å². The van der Waals surface area contributed by atoms with E-state index < -0.39 is 23.3 Å². The molecule has 0 bridgehead atoms. The van der Waals surface area contributed by atoms with Crippen molar-refractivity contribution in [3.05, 3.63) is 113 Å². The first-order chi connectivity index (χ1) is 30.6. The topological polar surface area (TPSA) is 140 Å². The molecule has 0 saturated heterocycles. The van der Waals surface area contributed by atoms with Gasteiger partial charge in [0.25, 0.3) is 0 Å². The van der Waals surface area contributed by atoms with Gasteiger partial charge in [-0.25, -0.2) is 18.8 Å². The van der Waals surface area contributed by atoms with Crippen molar-refractivity contribution in [1.82, 2.24) is 0 Å². The van der Waals surface area contributed by atoms with Crippen LogP contribution in [0, 0.1) is 17.2 Å². The Labute approximate surface area is 381 Å². The Bertz CT molecular complexity index is 2040. The van der Waals surface area contributed by atoms with Gasteiger partial charge in [-0.2, -0.15) is 0 Å². The number of nitrogens with two attached hydrogens (primary N) is 2. The number of hydrogen-bond acceptors (Lipinski definition) is 9. The van der Waals surface area contributed by atoms with Crippen LogP contribution in [0.2, 0.25) is 0 Å². The zero-order valence-corrected chi connectivity index (χ0v) is 39.2. The van der Waals surface area contributed by atoms with Crippen molar-refractivity contribution in [2.75, 3.05) is 39.5 Å². The molecular weight excluding hydrogens is 808 g/mol. The first-order valence-electron chi connectivity index (χ1n) is 23.2. The van der Waals surface area contributed by atoms with Crippen LogP contribution < -0.4 is 16.2 Å². The molecule has 1 aliphatic carbocycles. The third-order valence-electron chi connectivity index (χ3n) is 12.5. The molecule has 3 aromatic rings. The largest absolute Gasteiger partial charge is 0.492 e. The number of ether oxygens (including phenoxy) is 4. The maximum absolute atomic E-state index is 16.1. The van der Waals surface area contributed by atoms with E-state index in [1.807, 2.05) is 12.1 Å². The highest BCUT2D eigenvalue weighted by Gasteiger charge is 2.32. The predicted octanol–water partition coefficient (Wildman–Crippen LogP) is 11.1. The Morgan fingerprint density at radius 3 is 1.73 bits per heavy atom. The Hall–Kier alpha value is -5.06. The van der Waals surface area contributed by atoms with Crippen LogP contribution in [-0.2, 0) is 47.9 Å². The second-order valence-electron chi connectivity index (χ2n) is 17.9. The molecule has 0 spiro atoms. The third kappa shape index (κ3) is 14.7. The molecule has 1 fully saturated rings. The van der Waals surface area contributed by atoms with Gasteiger partial charge >= 0.3 is 17.9 Å². The van der Waals surface area contributed by atoms with Crippen LogP contribution in [0.5, 0.6) is 5.75 Å². The van der Waals surface area contributed by atoms with Crippen molar-refractivity contribution in [3.8, 4) is 28.0 Å². The Balaban J connectivity index is 1.71. The number of esters is 3. The van der Waals surface area contributed by atoms with Crippen molar-refractivity contribution < 1.29 is 37.7 Å². The maximum atomic E-state index is 16.1. The third-order valence-corrected chi connectivity index (χ3v) is 12.5. The van der Waals surface area contributed by atoms with Gasteiger partial charge in [-0.15, -0.1) is 0 Å². The van der Waals surface area contributed by atoms with Gasteiger partial charge in [0.2, 0.25) is 0 Å². The van der Waals surface area contributed by atoms with Gasteiger partial charge < -0.3 is 30.4 Å². The summed E-state index contributed by atoms with van der Waals surface area (Å²) in [6.45, 7) is 20.6. The number of carbonyl (C=O) groups is 3. The fourth-order valence-corrected chi connectivity index (χ4v) is 8.32. The number of aryl methyl sites for hydroxylation is 3. The summed E-state index contributed by atoms with van der Waals surface area (Å²) in [5.74, 6) is 0.108. The smallest absolute Gasteiger partial charge is 0.333 e. The number of rotatable bonds is 26. The highest BCUT2D eigenvalue weighted by molar-refractivity contribution is 5.87. The summed E-state index contributed by atoms with van der Waals surface area (Å²) in [5.41, 5.74) is 19.7. The van der Waals surface area contributed by atoms with E-state index >= 15 is 4.39 Å². The minimum Gasteiger partial charge on any atom is -0.492 e. The molecule has 0 aromatic heterocycles. The second kappa shape index (κ2) is 25.4. The molecule has 64 heavy (non-hydrogen) atoms. The fourth-order valence-electron chi connectivity index (χ4n) is 8.32. The lowest BCUT2D eigenvalue weighted by molar-refractivity contribution is -0.143. The minimum absolute atomic E-state index is 0.0394. The summed E-state index contributed by atoms with van der Waals surface area (Å²) >= 11 is 0. The molecule has 0 radical (unpaired) electrons. The Kier molecular flexibility index (Phi) is 20.5. The van der Waals surface area contributed by atoms with E-state index in [1.165, 1.54) is 38.5 Å². The zero-order chi connectivity index (χ0) is 46.8. The van der Waals surface area contributed by atoms with Gasteiger partial charge in [-0.05, 0) is 148 Å². The maximum Gasteiger partial charge on any atom is 0.333 e. The summed E-state index contributed by atoms with van der Waals surface area (Å²) < 4.78 is 39.2. The molecule has 0 unspecified atom stereocenters. The molecule has 0 atom stereocenters. The SMILES string of the molecule is C=C(C)C(=O)OCCCc1cc(-c2ccc(-c3ccc(C4CCC(CCCCC)CC4)cc3F)cc2CC)cc(CCCOC(=O)C(=C)C)c1OCC(CN)(CN)COC(=O)C(=C)C. The summed E-state index contributed by atoms with van der Waals surface area (Å²) in [6, 6.07) is 16.1. The quantitative estimate of drug-likeness (QED) is 0.0349. The Morgan fingerprint density at radius 2 is 1.22 bits per heavy atom. The van der Waals surface area contributed by atoms with Crippen LogP contribution in [0.1, 0.15) is 127 Å². The van der Waals surface area contributed by atoms with Gasteiger partial charge in [0.05, 0.1) is 25.2 Å². The van der Waals surface area contributed by atoms with Crippen LogP contribution in [0.4, 0.5) is 4.39 Å². The monoisotopic (exact) mass is 881 g/mol. The highest BCUT2D eigenvalue weighted by Crippen LogP contribution is 2.40. The lowest BCUT2D eigenvalue weighted by Crippen LogP contribution is -2.47. The summed E-state index contributed by atoms with van der Waals surface area (Å²) in [7, 11) is 0. The first kappa shape index (κ1) is 51.6. The molecule has 3 aromatic carbocycles. The van der Waals surface area contributed by atoms with Gasteiger partial charge in [-0.1, -0.05) is 89.6 Å². The lowest BCUT2D eigenvalue weighted by Gasteiger charge is -2.31. The molecule has 0 amide bonds.